The molecule has 0 atom stereocenters. The smallest absolute Gasteiger partial charge is 0.122 e. The Kier molecular flexibility index (Phi) is 4.20. The second kappa shape index (κ2) is 5.87. The van der Waals surface area contributed by atoms with Gasteiger partial charge in [-0.25, -0.2) is 0 Å². The van der Waals surface area contributed by atoms with Crippen LogP contribution in [0.1, 0.15) is 24.8 Å². The van der Waals surface area contributed by atoms with E-state index in [4.69, 9.17) is 15.9 Å². The average molecular weight is 247 g/mol. The molecule has 0 aliphatic heterocycles. The fraction of sp³-hybridized carbons (Fsp3) is 0.500. The molecule has 98 valence electrons. The van der Waals surface area contributed by atoms with E-state index in [1.165, 1.54) is 19.3 Å². The Morgan fingerprint density at radius 3 is 2.56 bits per heavy atom. The molecule has 2 rings (SSSR count). The number of nitrogen functional groups attached to an aromatic ring is 1. The van der Waals surface area contributed by atoms with Crippen molar-refractivity contribution in [1.82, 2.24) is 4.90 Å². The first-order valence-corrected chi connectivity index (χ1v) is 6.44. The molecule has 1 aromatic rings. The first-order valence-electron chi connectivity index (χ1n) is 6.44. The van der Waals surface area contributed by atoms with Crippen molar-refractivity contribution in [2.75, 3.05) is 20.2 Å². The molecule has 0 saturated heterocycles. The average Bonchev–Trinajstić information content (AvgIpc) is 2.27. The molecule has 18 heavy (non-hydrogen) atoms. The monoisotopic (exact) mass is 247 g/mol. The fourth-order valence-electron chi connectivity index (χ4n) is 2.05. The van der Waals surface area contributed by atoms with Crippen LogP contribution in [0.4, 0.5) is 0 Å². The van der Waals surface area contributed by atoms with E-state index < -0.39 is 0 Å². The second-order valence-electron chi connectivity index (χ2n) is 4.85. The van der Waals surface area contributed by atoms with Crippen molar-refractivity contribution in [3.63, 3.8) is 0 Å². The van der Waals surface area contributed by atoms with Crippen molar-refractivity contribution in [1.29, 1.82) is 5.41 Å². The maximum atomic E-state index is 7.31. The highest BCUT2D eigenvalue weighted by Gasteiger charge is 2.21. The maximum Gasteiger partial charge on any atom is 0.122 e. The lowest BCUT2D eigenvalue weighted by Crippen LogP contribution is -2.39. The van der Waals surface area contributed by atoms with E-state index >= 15 is 0 Å². The predicted octanol–water partition coefficient (Wildman–Crippen LogP) is 1.83. The van der Waals surface area contributed by atoms with Crippen molar-refractivity contribution in [3.05, 3.63) is 29.8 Å². The van der Waals surface area contributed by atoms with Crippen LogP contribution in [0, 0.1) is 5.41 Å². The number of rotatable bonds is 6. The third-order valence-electron chi connectivity index (χ3n) is 3.58. The molecular formula is C14H21N3O. The second-order valence-corrected chi connectivity index (χ2v) is 4.85. The molecule has 0 spiro atoms. The molecule has 1 aliphatic carbocycles. The number of hydrogen-bond acceptors (Lipinski definition) is 3. The Morgan fingerprint density at radius 1 is 1.39 bits per heavy atom. The van der Waals surface area contributed by atoms with Gasteiger partial charge in [0, 0.05) is 18.2 Å². The quantitative estimate of drug-likeness (QED) is 0.595. The number of ether oxygens (including phenoxy) is 1. The van der Waals surface area contributed by atoms with Gasteiger partial charge in [-0.15, -0.1) is 0 Å². The van der Waals surface area contributed by atoms with Gasteiger partial charge in [0.05, 0.1) is 0 Å². The van der Waals surface area contributed by atoms with Gasteiger partial charge < -0.3 is 15.4 Å². The lowest BCUT2D eigenvalue weighted by atomic mass is 9.92. The maximum absolute atomic E-state index is 7.31. The summed E-state index contributed by atoms with van der Waals surface area (Å²) in [5.41, 5.74) is 6.13. The van der Waals surface area contributed by atoms with Crippen molar-refractivity contribution < 1.29 is 4.74 Å². The molecule has 0 aromatic heterocycles. The molecule has 0 radical (unpaired) electrons. The standard InChI is InChI=1S/C14H21N3O/c1-17(12-3-2-4-12)9-10-18-13-7-5-11(6-8-13)14(15)16/h5-8,12H,2-4,9-10H2,1H3,(H3,15,16). The van der Waals surface area contributed by atoms with E-state index in [0.29, 0.717) is 6.61 Å². The zero-order chi connectivity index (χ0) is 13.0. The molecule has 0 amide bonds. The predicted molar refractivity (Wildman–Crippen MR) is 73.2 cm³/mol. The van der Waals surface area contributed by atoms with E-state index in [9.17, 15) is 0 Å². The molecular weight excluding hydrogens is 226 g/mol. The van der Waals surface area contributed by atoms with Gasteiger partial charge in [-0.3, -0.25) is 5.41 Å². The topological polar surface area (TPSA) is 62.3 Å². The summed E-state index contributed by atoms with van der Waals surface area (Å²) in [6.45, 7) is 1.66. The molecule has 4 heteroatoms. The minimum Gasteiger partial charge on any atom is -0.492 e. The summed E-state index contributed by atoms with van der Waals surface area (Å²) >= 11 is 0. The number of amidine groups is 1. The highest BCUT2D eigenvalue weighted by molar-refractivity contribution is 5.94. The van der Waals surface area contributed by atoms with Crippen LogP contribution >= 0.6 is 0 Å². The Bertz CT molecular complexity index is 398. The summed E-state index contributed by atoms with van der Waals surface area (Å²) in [5.74, 6) is 0.924. The van der Waals surface area contributed by atoms with Gasteiger partial charge in [-0.2, -0.15) is 0 Å². The molecule has 1 saturated carbocycles. The van der Waals surface area contributed by atoms with Crippen molar-refractivity contribution in [2.24, 2.45) is 5.73 Å². The van der Waals surface area contributed by atoms with E-state index in [0.717, 1.165) is 23.9 Å². The highest BCUT2D eigenvalue weighted by Crippen LogP contribution is 2.23. The Morgan fingerprint density at radius 2 is 2.06 bits per heavy atom. The minimum atomic E-state index is 0.0891. The summed E-state index contributed by atoms with van der Waals surface area (Å²) in [7, 11) is 2.16. The van der Waals surface area contributed by atoms with E-state index in [1.807, 2.05) is 24.3 Å². The molecule has 0 heterocycles. The normalized spacial score (nSPS) is 15.4. The first kappa shape index (κ1) is 12.9. The van der Waals surface area contributed by atoms with Gasteiger partial charge in [-0.1, -0.05) is 6.42 Å². The summed E-state index contributed by atoms with van der Waals surface area (Å²) in [6.07, 6.45) is 4.01. The summed E-state index contributed by atoms with van der Waals surface area (Å²) < 4.78 is 5.68. The van der Waals surface area contributed by atoms with Crippen LogP contribution in [0.15, 0.2) is 24.3 Å². The van der Waals surface area contributed by atoms with Crippen LogP contribution in [0.2, 0.25) is 0 Å². The van der Waals surface area contributed by atoms with Crippen LogP contribution < -0.4 is 10.5 Å². The number of benzene rings is 1. The number of nitrogens with two attached hydrogens (primary N) is 1. The van der Waals surface area contributed by atoms with Crippen LogP contribution in [0.25, 0.3) is 0 Å². The van der Waals surface area contributed by atoms with Gasteiger partial charge in [0.25, 0.3) is 0 Å². The highest BCUT2D eigenvalue weighted by atomic mass is 16.5. The molecule has 0 unspecified atom stereocenters. The Labute approximate surface area is 108 Å². The van der Waals surface area contributed by atoms with E-state index in [-0.39, 0.29) is 5.84 Å². The van der Waals surface area contributed by atoms with Gasteiger partial charge in [0.2, 0.25) is 0 Å². The SMILES string of the molecule is CN(CCOc1ccc(C(=N)N)cc1)C1CCC1. The van der Waals surface area contributed by atoms with Crippen LogP contribution in [0.3, 0.4) is 0 Å². The van der Waals surface area contributed by atoms with Crippen LogP contribution in [-0.2, 0) is 0 Å². The van der Waals surface area contributed by atoms with Crippen LogP contribution in [-0.4, -0.2) is 37.0 Å². The number of nitrogens with zero attached hydrogens (tertiary/aromatic N) is 1. The summed E-state index contributed by atoms with van der Waals surface area (Å²) in [6, 6.07) is 8.11. The minimum absolute atomic E-state index is 0.0891. The summed E-state index contributed by atoms with van der Waals surface area (Å²) in [4.78, 5) is 2.37. The fourth-order valence-corrected chi connectivity index (χ4v) is 2.05. The number of likely N-dealkylation sites (N-methyl/N-ethyl adjacent to an activating group) is 1. The van der Waals surface area contributed by atoms with Gasteiger partial charge in [0.1, 0.15) is 18.2 Å². The molecule has 1 aromatic carbocycles. The van der Waals surface area contributed by atoms with Gasteiger partial charge in [-0.05, 0) is 44.2 Å². The van der Waals surface area contributed by atoms with E-state index in [2.05, 4.69) is 11.9 Å². The molecule has 4 nitrogen and oxygen atoms in total. The van der Waals surface area contributed by atoms with Crippen molar-refractivity contribution in [2.45, 2.75) is 25.3 Å². The van der Waals surface area contributed by atoms with Crippen molar-refractivity contribution >= 4 is 5.84 Å². The lowest BCUT2D eigenvalue weighted by molar-refractivity contribution is 0.135. The van der Waals surface area contributed by atoms with Crippen molar-refractivity contribution in [3.8, 4) is 5.75 Å². The Hall–Kier alpha value is -1.55. The molecule has 0 bridgehead atoms. The van der Waals surface area contributed by atoms with Gasteiger partial charge in [0.15, 0.2) is 0 Å². The molecule has 1 fully saturated rings. The molecule has 1 aliphatic rings. The molecule has 3 N–H and O–H groups in total. The zero-order valence-electron chi connectivity index (χ0n) is 10.9. The third-order valence-corrected chi connectivity index (χ3v) is 3.58. The number of hydrogen-bond donors (Lipinski definition) is 2. The lowest BCUT2D eigenvalue weighted by Gasteiger charge is -2.34. The zero-order valence-corrected chi connectivity index (χ0v) is 10.9. The number of nitrogens with one attached hydrogen (secondary N) is 1. The van der Waals surface area contributed by atoms with E-state index in [1.54, 1.807) is 0 Å². The third kappa shape index (κ3) is 3.23. The largest absolute Gasteiger partial charge is 0.492 e. The summed E-state index contributed by atoms with van der Waals surface area (Å²) in [5, 5.41) is 7.31. The van der Waals surface area contributed by atoms with Gasteiger partial charge >= 0.3 is 0 Å². The van der Waals surface area contributed by atoms with Crippen LogP contribution in [0.5, 0.6) is 5.75 Å². The first-order chi connectivity index (χ1) is 8.66. The Balaban J connectivity index is 1.74.